The summed E-state index contributed by atoms with van der Waals surface area (Å²) in [6, 6.07) is 7.68. The Hall–Kier alpha value is -0.880. The van der Waals surface area contributed by atoms with Gasteiger partial charge in [-0.2, -0.15) is 0 Å². The zero-order valence-corrected chi connectivity index (χ0v) is 10.7. The Morgan fingerprint density at radius 1 is 1.20 bits per heavy atom. The summed E-state index contributed by atoms with van der Waals surface area (Å²) < 4.78 is 4.65. The first-order chi connectivity index (χ1) is 6.92. The molecular formula is C12H18O2P+. The molecule has 0 aliphatic heterocycles. The summed E-state index contributed by atoms with van der Waals surface area (Å²) in [6.45, 7) is 6.92. The van der Waals surface area contributed by atoms with E-state index in [-0.39, 0.29) is 5.97 Å². The number of methoxy groups -OCH3 is 1. The van der Waals surface area contributed by atoms with Crippen molar-refractivity contribution in [1.29, 1.82) is 0 Å². The van der Waals surface area contributed by atoms with Crippen molar-refractivity contribution in [3.05, 3.63) is 35.4 Å². The molecule has 0 radical (unpaired) electrons. The molecule has 0 aliphatic carbocycles. The van der Waals surface area contributed by atoms with Crippen molar-refractivity contribution < 1.29 is 9.53 Å². The molecule has 0 unspecified atom stereocenters. The number of benzene rings is 1. The average molecular weight is 225 g/mol. The lowest BCUT2D eigenvalue weighted by Crippen LogP contribution is -2.01. The van der Waals surface area contributed by atoms with Crippen molar-refractivity contribution >= 4 is 13.2 Å². The monoisotopic (exact) mass is 225 g/mol. The van der Waals surface area contributed by atoms with E-state index in [1.807, 2.05) is 24.3 Å². The molecular weight excluding hydrogens is 207 g/mol. The molecule has 0 aliphatic rings. The molecule has 0 spiro atoms. The van der Waals surface area contributed by atoms with Gasteiger partial charge in [0.25, 0.3) is 0 Å². The molecule has 2 nitrogen and oxygen atoms in total. The molecule has 0 N–H and O–H groups in total. The van der Waals surface area contributed by atoms with Crippen LogP contribution in [0.25, 0.3) is 0 Å². The number of carbonyl (C=O) groups is 1. The van der Waals surface area contributed by atoms with Gasteiger partial charge in [0.1, 0.15) is 0 Å². The summed E-state index contributed by atoms with van der Waals surface area (Å²) in [5.41, 5.74) is 1.91. The van der Waals surface area contributed by atoms with E-state index in [0.717, 1.165) is 6.16 Å². The highest BCUT2D eigenvalue weighted by molar-refractivity contribution is 7.72. The molecule has 1 rings (SSSR count). The Morgan fingerprint density at radius 3 is 2.13 bits per heavy atom. The fourth-order valence-corrected chi connectivity index (χ4v) is 2.72. The first-order valence-electron chi connectivity index (χ1n) is 4.90. The summed E-state index contributed by atoms with van der Waals surface area (Å²) in [4.78, 5) is 11.2. The van der Waals surface area contributed by atoms with E-state index in [9.17, 15) is 4.79 Å². The highest BCUT2D eigenvalue weighted by atomic mass is 31.2. The molecule has 0 heterocycles. The van der Waals surface area contributed by atoms with E-state index in [1.54, 1.807) is 0 Å². The van der Waals surface area contributed by atoms with E-state index in [2.05, 4.69) is 24.7 Å². The lowest BCUT2D eigenvalue weighted by molar-refractivity contribution is 0.0601. The lowest BCUT2D eigenvalue weighted by Gasteiger charge is -2.11. The number of rotatable bonds is 3. The molecule has 0 bridgehead atoms. The molecule has 0 amide bonds. The smallest absolute Gasteiger partial charge is 0.337 e. The first-order valence-corrected chi connectivity index (χ1v) is 8.22. The summed E-state index contributed by atoms with van der Waals surface area (Å²) >= 11 is 0. The Kier molecular flexibility index (Phi) is 3.87. The standard InChI is InChI=1S/C12H18O2P/c1-14-12(13)11-7-5-10(6-8-11)9-15(2,3)4/h5-8H,9H2,1-4H3/q+1. The molecule has 0 fully saturated rings. The minimum atomic E-state index is -0.800. The molecule has 0 saturated heterocycles. The maximum absolute atomic E-state index is 11.2. The van der Waals surface area contributed by atoms with Crippen LogP contribution in [0.1, 0.15) is 15.9 Å². The molecule has 0 atom stereocenters. The Labute approximate surface area is 92.0 Å². The molecule has 1 aromatic carbocycles. The second kappa shape index (κ2) is 4.76. The summed E-state index contributed by atoms with van der Waals surface area (Å²) in [5, 5.41) is 0. The molecule has 0 aromatic heterocycles. The van der Waals surface area contributed by atoms with Crippen molar-refractivity contribution in [2.75, 3.05) is 27.1 Å². The van der Waals surface area contributed by atoms with Crippen molar-refractivity contribution in [1.82, 2.24) is 0 Å². The van der Waals surface area contributed by atoms with Gasteiger partial charge in [0.15, 0.2) is 0 Å². The number of ether oxygens (including phenoxy) is 1. The highest BCUT2D eigenvalue weighted by Crippen LogP contribution is 2.49. The zero-order chi connectivity index (χ0) is 11.5. The third kappa shape index (κ3) is 4.01. The number of carbonyl (C=O) groups excluding carboxylic acids is 1. The topological polar surface area (TPSA) is 26.3 Å². The van der Waals surface area contributed by atoms with Gasteiger partial charge in [-0.25, -0.2) is 4.79 Å². The largest absolute Gasteiger partial charge is 0.465 e. The quantitative estimate of drug-likeness (QED) is 0.584. The minimum absolute atomic E-state index is 0.271. The van der Waals surface area contributed by atoms with E-state index < -0.39 is 7.26 Å². The Bertz CT molecular complexity index is 336. The first kappa shape index (κ1) is 12.2. The number of hydrogen-bond acceptors (Lipinski definition) is 2. The van der Waals surface area contributed by atoms with Crippen LogP contribution in [0.3, 0.4) is 0 Å². The predicted molar refractivity (Wildman–Crippen MR) is 66.2 cm³/mol. The van der Waals surface area contributed by atoms with E-state index in [0.29, 0.717) is 5.56 Å². The maximum atomic E-state index is 11.2. The van der Waals surface area contributed by atoms with Crippen molar-refractivity contribution in [3.63, 3.8) is 0 Å². The van der Waals surface area contributed by atoms with E-state index in [1.165, 1.54) is 12.7 Å². The van der Waals surface area contributed by atoms with E-state index >= 15 is 0 Å². The summed E-state index contributed by atoms with van der Waals surface area (Å²) in [6.07, 6.45) is 1.12. The fourth-order valence-electron chi connectivity index (χ4n) is 1.41. The second-order valence-electron chi connectivity index (χ2n) is 4.64. The van der Waals surface area contributed by atoms with Crippen LogP contribution in [-0.4, -0.2) is 33.1 Å². The molecule has 1 aromatic rings. The van der Waals surface area contributed by atoms with Gasteiger partial charge in [0.05, 0.1) is 18.8 Å². The fraction of sp³-hybridized carbons (Fsp3) is 0.417. The van der Waals surface area contributed by atoms with Crippen LogP contribution < -0.4 is 0 Å². The number of esters is 1. The Morgan fingerprint density at radius 2 is 1.73 bits per heavy atom. The third-order valence-corrected chi connectivity index (χ3v) is 3.35. The van der Waals surface area contributed by atoms with Crippen molar-refractivity contribution in [3.8, 4) is 0 Å². The normalized spacial score (nSPS) is 11.2. The van der Waals surface area contributed by atoms with Crippen LogP contribution >= 0.6 is 7.26 Å². The van der Waals surface area contributed by atoms with Gasteiger partial charge >= 0.3 is 5.97 Å². The van der Waals surface area contributed by atoms with Gasteiger partial charge in [0.2, 0.25) is 0 Å². The van der Waals surface area contributed by atoms with Gasteiger partial charge < -0.3 is 4.74 Å². The van der Waals surface area contributed by atoms with Crippen LogP contribution in [-0.2, 0) is 10.9 Å². The number of hydrogen-bond donors (Lipinski definition) is 0. The van der Waals surface area contributed by atoms with Crippen molar-refractivity contribution in [2.45, 2.75) is 6.16 Å². The van der Waals surface area contributed by atoms with Crippen LogP contribution in [0.5, 0.6) is 0 Å². The summed E-state index contributed by atoms with van der Waals surface area (Å²) in [7, 11) is 0.600. The lowest BCUT2D eigenvalue weighted by atomic mass is 10.1. The van der Waals surface area contributed by atoms with Crippen LogP contribution in [0.15, 0.2) is 24.3 Å². The van der Waals surface area contributed by atoms with Gasteiger partial charge in [-0.1, -0.05) is 12.1 Å². The second-order valence-corrected chi connectivity index (χ2v) is 9.53. The molecule has 0 saturated carbocycles. The summed E-state index contributed by atoms with van der Waals surface area (Å²) in [5.74, 6) is -0.271. The SMILES string of the molecule is COC(=O)c1ccc(C[P+](C)(C)C)cc1. The predicted octanol–water partition coefficient (Wildman–Crippen LogP) is 2.88. The third-order valence-electron chi connectivity index (χ3n) is 2.03. The van der Waals surface area contributed by atoms with Crippen LogP contribution in [0.4, 0.5) is 0 Å². The minimum Gasteiger partial charge on any atom is -0.465 e. The average Bonchev–Trinajstić information content (AvgIpc) is 2.15. The van der Waals surface area contributed by atoms with Crippen molar-refractivity contribution in [2.24, 2.45) is 0 Å². The molecule has 82 valence electrons. The van der Waals surface area contributed by atoms with Crippen LogP contribution in [0, 0.1) is 0 Å². The van der Waals surface area contributed by atoms with Crippen LogP contribution in [0.2, 0.25) is 0 Å². The van der Waals surface area contributed by atoms with Gasteiger partial charge in [-0.05, 0) is 17.7 Å². The molecule has 3 heteroatoms. The van der Waals surface area contributed by atoms with E-state index in [4.69, 9.17) is 0 Å². The van der Waals surface area contributed by atoms with Gasteiger partial charge in [-0.15, -0.1) is 0 Å². The maximum Gasteiger partial charge on any atom is 0.337 e. The van der Waals surface area contributed by atoms with Gasteiger partial charge in [0, 0.05) is 27.3 Å². The zero-order valence-electron chi connectivity index (χ0n) is 9.78. The molecule has 15 heavy (non-hydrogen) atoms. The van der Waals surface area contributed by atoms with Gasteiger partial charge in [-0.3, -0.25) is 0 Å². The highest BCUT2D eigenvalue weighted by Gasteiger charge is 2.17. The Balaban J connectivity index is 2.77.